The molecule has 1 aromatic rings. The number of amides is 1. The van der Waals surface area contributed by atoms with Crippen LogP contribution in [0.15, 0.2) is 18.2 Å². The number of hydrogen-bond donors (Lipinski definition) is 1. The van der Waals surface area contributed by atoms with E-state index in [0.29, 0.717) is 0 Å². The molecule has 1 aromatic carbocycles. The predicted octanol–water partition coefficient (Wildman–Crippen LogP) is 0.297. The highest BCUT2D eigenvalue weighted by Gasteiger charge is 2.33. The van der Waals surface area contributed by atoms with Crippen LogP contribution in [0.1, 0.15) is 18.1 Å². The topological polar surface area (TPSA) is 78.5 Å². The monoisotopic (exact) mass is 270 g/mol. The minimum atomic E-state index is -1.61. The first-order chi connectivity index (χ1) is 8.97. The minimum Gasteiger partial charge on any atom is -0.530 e. The maximum absolute atomic E-state index is 13.6. The standard InChI is InChI=1S/C12H11F2NO4/c13-6-1-2-9(14)8(3-6)11-10(15-12(17)18)4-7(16)5-19-11/h1-3,10-11,15H,4-5H2,(H,17,18)/p-1/t10-,11+/m0/s1. The lowest BCUT2D eigenvalue weighted by atomic mass is 9.95. The third-order valence-electron chi connectivity index (χ3n) is 2.80. The molecule has 2 rings (SSSR count). The smallest absolute Gasteiger partial charge is 0.160 e. The molecule has 1 aliphatic rings. The van der Waals surface area contributed by atoms with Gasteiger partial charge in [-0.25, -0.2) is 8.78 Å². The molecule has 1 N–H and O–H groups in total. The Kier molecular flexibility index (Phi) is 3.75. The third-order valence-corrected chi connectivity index (χ3v) is 2.80. The van der Waals surface area contributed by atoms with E-state index in [2.05, 4.69) is 0 Å². The molecule has 1 aliphatic heterocycles. The van der Waals surface area contributed by atoms with E-state index in [1.54, 1.807) is 0 Å². The van der Waals surface area contributed by atoms with Crippen LogP contribution >= 0.6 is 0 Å². The molecule has 7 heteroatoms. The van der Waals surface area contributed by atoms with Crippen LogP contribution in [0.3, 0.4) is 0 Å². The maximum Gasteiger partial charge on any atom is 0.160 e. The summed E-state index contributed by atoms with van der Waals surface area (Å²) >= 11 is 0. The van der Waals surface area contributed by atoms with Gasteiger partial charge in [-0.3, -0.25) is 4.79 Å². The first-order valence-electron chi connectivity index (χ1n) is 5.53. The lowest BCUT2D eigenvalue weighted by molar-refractivity contribution is -0.252. The van der Waals surface area contributed by atoms with Gasteiger partial charge in [0.2, 0.25) is 0 Å². The molecule has 1 fully saturated rings. The molecule has 0 bridgehead atoms. The summed E-state index contributed by atoms with van der Waals surface area (Å²) in [4.78, 5) is 21.8. The molecule has 1 amide bonds. The van der Waals surface area contributed by atoms with Crippen molar-refractivity contribution >= 4 is 11.9 Å². The second kappa shape index (κ2) is 5.31. The Morgan fingerprint density at radius 1 is 1.42 bits per heavy atom. The molecule has 1 saturated heterocycles. The van der Waals surface area contributed by atoms with E-state index in [9.17, 15) is 23.5 Å². The Hall–Kier alpha value is -2.02. The zero-order chi connectivity index (χ0) is 14.0. The number of halogens is 2. The first-order valence-corrected chi connectivity index (χ1v) is 5.53. The summed E-state index contributed by atoms with van der Waals surface area (Å²) < 4.78 is 31.9. The predicted molar refractivity (Wildman–Crippen MR) is 57.0 cm³/mol. The van der Waals surface area contributed by atoms with E-state index in [0.717, 1.165) is 18.2 Å². The summed E-state index contributed by atoms with van der Waals surface area (Å²) in [6.07, 6.45) is -2.83. The number of hydrogen-bond acceptors (Lipinski definition) is 4. The van der Waals surface area contributed by atoms with Gasteiger partial charge in [0.25, 0.3) is 0 Å². The highest BCUT2D eigenvalue weighted by molar-refractivity contribution is 5.81. The van der Waals surface area contributed by atoms with Crippen molar-refractivity contribution in [2.24, 2.45) is 0 Å². The van der Waals surface area contributed by atoms with Crippen LogP contribution in [0.4, 0.5) is 13.6 Å². The summed E-state index contributed by atoms with van der Waals surface area (Å²) in [6, 6.07) is 1.77. The fourth-order valence-electron chi connectivity index (χ4n) is 2.03. The first kappa shape index (κ1) is 13.4. The van der Waals surface area contributed by atoms with Crippen molar-refractivity contribution in [3.05, 3.63) is 35.4 Å². The molecule has 0 aromatic heterocycles. The quantitative estimate of drug-likeness (QED) is 0.838. The van der Waals surface area contributed by atoms with Gasteiger partial charge in [-0.05, 0) is 18.2 Å². The average Bonchev–Trinajstić information content (AvgIpc) is 2.32. The minimum absolute atomic E-state index is 0.133. The van der Waals surface area contributed by atoms with Gasteiger partial charge in [0, 0.05) is 12.0 Å². The highest BCUT2D eigenvalue weighted by atomic mass is 19.1. The molecule has 2 atom stereocenters. The van der Waals surface area contributed by atoms with E-state index in [-0.39, 0.29) is 24.4 Å². The Labute approximate surface area is 107 Å². The van der Waals surface area contributed by atoms with Crippen molar-refractivity contribution < 1.29 is 28.2 Å². The van der Waals surface area contributed by atoms with Gasteiger partial charge >= 0.3 is 0 Å². The van der Waals surface area contributed by atoms with Crippen molar-refractivity contribution in [2.45, 2.75) is 18.6 Å². The number of carbonyl (C=O) groups excluding carboxylic acids is 2. The van der Waals surface area contributed by atoms with E-state index in [1.165, 1.54) is 0 Å². The van der Waals surface area contributed by atoms with Crippen molar-refractivity contribution in [1.29, 1.82) is 0 Å². The van der Waals surface area contributed by atoms with Crippen LogP contribution in [-0.2, 0) is 9.53 Å². The largest absolute Gasteiger partial charge is 0.530 e. The van der Waals surface area contributed by atoms with E-state index < -0.39 is 29.9 Å². The number of ether oxygens (including phenoxy) is 1. The van der Waals surface area contributed by atoms with Crippen LogP contribution in [0.2, 0.25) is 0 Å². The molecule has 5 nitrogen and oxygen atoms in total. The van der Waals surface area contributed by atoms with Gasteiger partial charge < -0.3 is 20.0 Å². The van der Waals surface area contributed by atoms with Crippen LogP contribution < -0.4 is 10.4 Å². The zero-order valence-electron chi connectivity index (χ0n) is 9.69. The number of carbonyl (C=O) groups is 2. The molecule has 0 spiro atoms. The third kappa shape index (κ3) is 3.05. The molecule has 0 aliphatic carbocycles. The zero-order valence-corrected chi connectivity index (χ0v) is 9.69. The number of rotatable bonds is 2. The Balaban J connectivity index is 2.31. The molecule has 0 radical (unpaired) electrons. The number of nitrogens with one attached hydrogen (secondary N) is 1. The molecular weight excluding hydrogens is 260 g/mol. The van der Waals surface area contributed by atoms with Crippen molar-refractivity contribution in [3.63, 3.8) is 0 Å². The summed E-state index contributed by atoms with van der Waals surface area (Å²) in [7, 11) is 0. The lowest BCUT2D eigenvalue weighted by Gasteiger charge is -2.32. The maximum atomic E-state index is 13.6. The molecule has 1 heterocycles. The number of Topliss-reactive ketones (excluding diaryl/α,β-unsaturated/α-hetero) is 1. The van der Waals surface area contributed by atoms with Crippen molar-refractivity contribution in [3.8, 4) is 0 Å². The van der Waals surface area contributed by atoms with E-state index in [1.807, 2.05) is 5.32 Å². The summed E-state index contributed by atoms with van der Waals surface area (Å²) in [5.74, 6) is -1.73. The fraction of sp³-hybridized carbons (Fsp3) is 0.333. The van der Waals surface area contributed by atoms with Crippen molar-refractivity contribution in [2.75, 3.05) is 6.61 Å². The summed E-state index contributed by atoms with van der Waals surface area (Å²) in [6.45, 7) is -0.272. The average molecular weight is 270 g/mol. The normalized spacial score (nSPS) is 23.2. The van der Waals surface area contributed by atoms with Crippen LogP contribution in [0.25, 0.3) is 0 Å². The lowest BCUT2D eigenvalue weighted by Crippen LogP contribution is -2.50. The molecule has 102 valence electrons. The van der Waals surface area contributed by atoms with Gasteiger partial charge in [-0.2, -0.15) is 0 Å². The summed E-state index contributed by atoms with van der Waals surface area (Å²) in [5.41, 5.74) is -0.133. The van der Waals surface area contributed by atoms with E-state index >= 15 is 0 Å². The molecular formula is C12H10F2NO4-. The second-order valence-corrected chi connectivity index (χ2v) is 4.18. The van der Waals surface area contributed by atoms with Gasteiger partial charge in [0.1, 0.15) is 30.4 Å². The van der Waals surface area contributed by atoms with Crippen molar-refractivity contribution in [1.82, 2.24) is 5.32 Å². The molecule has 0 saturated carbocycles. The SMILES string of the molecule is O=C1CO[C@H](c2cc(F)ccc2F)[C@@H](NC(=O)[O-])C1. The van der Waals surface area contributed by atoms with Gasteiger partial charge in [0.05, 0.1) is 6.04 Å². The fourth-order valence-corrected chi connectivity index (χ4v) is 2.03. The van der Waals surface area contributed by atoms with Crippen LogP contribution in [0.5, 0.6) is 0 Å². The van der Waals surface area contributed by atoms with Gasteiger partial charge in [0.15, 0.2) is 5.78 Å². The Morgan fingerprint density at radius 2 is 2.16 bits per heavy atom. The number of carboxylic acid groups (broad SMARTS) is 1. The Bertz CT molecular complexity index is 518. The second-order valence-electron chi connectivity index (χ2n) is 4.18. The number of benzene rings is 1. The van der Waals surface area contributed by atoms with Gasteiger partial charge in [-0.15, -0.1) is 0 Å². The highest BCUT2D eigenvalue weighted by Crippen LogP contribution is 2.29. The van der Waals surface area contributed by atoms with Gasteiger partial charge in [-0.1, -0.05) is 0 Å². The van der Waals surface area contributed by atoms with Crippen LogP contribution in [0, 0.1) is 11.6 Å². The van der Waals surface area contributed by atoms with Crippen LogP contribution in [-0.4, -0.2) is 24.5 Å². The molecule has 19 heavy (non-hydrogen) atoms. The molecule has 0 unspecified atom stereocenters. The number of ketones is 1. The van der Waals surface area contributed by atoms with E-state index in [4.69, 9.17) is 4.74 Å². The Morgan fingerprint density at radius 3 is 2.84 bits per heavy atom. The summed E-state index contributed by atoms with van der Waals surface area (Å²) in [5, 5.41) is 12.5.